The maximum atomic E-state index is 12.5. The molecule has 1 aromatic carbocycles. The molecule has 0 unspecified atom stereocenters. The van der Waals surface area contributed by atoms with Crippen molar-refractivity contribution in [2.24, 2.45) is 11.3 Å². The Kier molecular flexibility index (Phi) is 4.04. The van der Waals surface area contributed by atoms with Gasteiger partial charge in [-0.25, -0.2) is 0 Å². The lowest BCUT2D eigenvalue weighted by molar-refractivity contribution is -0.131. The van der Waals surface area contributed by atoms with Crippen molar-refractivity contribution in [1.82, 2.24) is 4.90 Å². The molecule has 0 bridgehead atoms. The maximum absolute atomic E-state index is 12.5. The van der Waals surface area contributed by atoms with E-state index in [1.165, 1.54) is 0 Å². The summed E-state index contributed by atoms with van der Waals surface area (Å²) in [6, 6.07) is 7.59. The molecule has 0 aromatic heterocycles. The van der Waals surface area contributed by atoms with E-state index in [0.717, 1.165) is 16.7 Å². The molecule has 1 amide bonds. The van der Waals surface area contributed by atoms with E-state index < -0.39 is 0 Å². The average Bonchev–Trinajstić information content (AvgIpc) is 2.39. The first-order valence-corrected chi connectivity index (χ1v) is 7.27. The summed E-state index contributed by atoms with van der Waals surface area (Å²) in [5.41, 5.74) is 2.57. The topological polar surface area (TPSA) is 37.4 Å². The van der Waals surface area contributed by atoms with E-state index in [0.29, 0.717) is 0 Å². The van der Waals surface area contributed by atoms with Crippen molar-refractivity contribution in [3.05, 3.63) is 41.5 Å². The molecule has 1 aliphatic rings. The molecule has 0 saturated carbocycles. The fraction of sp³-hybridized carbons (Fsp3) is 0.444. The molecule has 0 spiro atoms. The molecular formula is C18H23NO2. The highest BCUT2D eigenvalue weighted by molar-refractivity contribution is 6.09. The zero-order valence-electron chi connectivity index (χ0n) is 13.4. The Morgan fingerprint density at radius 2 is 1.76 bits per heavy atom. The van der Waals surface area contributed by atoms with Gasteiger partial charge in [-0.3, -0.25) is 9.59 Å². The molecule has 1 aliphatic carbocycles. The lowest BCUT2D eigenvalue weighted by atomic mass is 9.75. The summed E-state index contributed by atoms with van der Waals surface area (Å²) in [7, 11) is 3.48. The summed E-state index contributed by atoms with van der Waals surface area (Å²) in [5, 5.41) is 0. The highest BCUT2D eigenvalue weighted by Crippen LogP contribution is 2.38. The van der Waals surface area contributed by atoms with Crippen molar-refractivity contribution >= 4 is 17.3 Å². The summed E-state index contributed by atoms with van der Waals surface area (Å²) >= 11 is 0. The summed E-state index contributed by atoms with van der Waals surface area (Å²) in [4.78, 5) is 26.4. The van der Waals surface area contributed by atoms with Crippen LogP contribution in [0.25, 0.3) is 5.57 Å². The lowest BCUT2D eigenvalue weighted by Crippen LogP contribution is -2.34. The minimum Gasteiger partial charge on any atom is -0.348 e. The molecule has 0 aliphatic heterocycles. The van der Waals surface area contributed by atoms with Gasteiger partial charge in [0, 0.05) is 26.1 Å². The Morgan fingerprint density at radius 1 is 1.19 bits per heavy atom. The number of hydrogen-bond donors (Lipinski definition) is 0. The van der Waals surface area contributed by atoms with Gasteiger partial charge in [-0.05, 0) is 16.6 Å². The second-order valence-corrected chi connectivity index (χ2v) is 6.92. The number of ketones is 1. The maximum Gasteiger partial charge on any atom is 0.230 e. The van der Waals surface area contributed by atoms with Crippen molar-refractivity contribution in [2.45, 2.75) is 27.2 Å². The van der Waals surface area contributed by atoms with Crippen molar-refractivity contribution in [1.29, 1.82) is 0 Å². The van der Waals surface area contributed by atoms with Crippen molar-refractivity contribution in [3.63, 3.8) is 0 Å². The molecule has 0 saturated heterocycles. The van der Waals surface area contributed by atoms with Gasteiger partial charge in [0.2, 0.25) is 5.91 Å². The standard InChI is InChI=1S/C18H23NO2/c1-18(2,3)11-15-12-8-6-7-9-13(12)16(20)10-14(15)17(21)19(4)5/h6-9,11,14H,10H2,1-5H3/b15-11-/t14-/m0/s1. The second kappa shape index (κ2) is 5.47. The zero-order chi connectivity index (χ0) is 15.8. The smallest absolute Gasteiger partial charge is 0.230 e. The molecule has 0 N–H and O–H groups in total. The fourth-order valence-electron chi connectivity index (χ4n) is 2.75. The van der Waals surface area contributed by atoms with Crippen molar-refractivity contribution < 1.29 is 9.59 Å². The van der Waals surface area contributed by atoms with Gasteiger partial charge in [0.1, 0.15) is 0 Å². The predicted molar refractivity (Wildman–Crippen MR) is 85.0 cm³/mol. The van der Waals surface area contributed by atoms with Crippen LogP contribution in [-0.2, 0) is 4.79 Å². The number of benzene rings is 1. The van der Waals surface area contributed by atoms with Crippen LogP contribution in [0.1, 0.15) is 43.1 Å². The van der Waals surface area contributed by atoms with Gasteiger partial charge in [-0.2, -0.15) is 0 Å². The Balaban J connectivity index is 2.61. The highest BCUT2D eigenvalue weighted by atomic mass is 16.2. The fourth-order valence-corrected chi connectivity index (χ4v) is 2.75. The van der Waals surface area contributed by atoms with Gasteiger partial charge in [0.25, 0.3) is 0 Å². The molecule has 0 fully saturated rings. The molecule has 0 heterocycles. The number of fused-ring (bicyclic) bond motifs is 1. The van der Waals surface area contributed by atoms with Crippen LogP contribution in [0.2, 0.25) is 0 Å². The molecular weight excluding hydrogens is 262 g/mol. The van der Waals surface area contributed by atoms with Gasteiger partial charge >= 0.3 is 0 Å². The van der Waals surface area contributed by atoms with Crippen LogP contribution >= 0.6 is 0 Å². The summed E-state index contributed by atoms with van der Waals surface area (Å²) < 4.78 is 0. The first-order valence-electron chi connectivity index (χ1n) is 7.27. The summed E-state index contributed by atoms with van der Waals surface area (Å²) in [5.74, 6) is -0.327. The molecule has 3 heteroatoms. The van der Waals surface area contributed by atoms with E-state index >= 15 is 0 Å². The van der Waals surface area contributed by atoms with Crippen LogP contribution < -0.4 is 0 Å². The zero-order valence-corrected chi connectivity index (χ0v) is 13.4. The van der Waals surface area contributed by atoms with Gasteiger partial charge in [0.05, 0.1) is 5.92 Å². The number of hydrogen-bond acceptors (Lipinski definition) is 2. The number of amides is 1. The number of Topliss-reactive ketones (excluding diaryl/α,β-unsaturated/α-hetero) is 1. The molecule has 3 nitrogen and oxygen atoms in total. The minimum atomic E-state index is -0.373. The molecule has 2 rings (SSSR count). The first kappa shape index (κ1) is 15.5. The largest absolute Gasteiger partial charge is 0.348 e. The molecule has 112 valence electrons. The van der Waals surface area contributed by atoms with E-state index in [4.69, 9.17) is 0 Å². The summed E-state index contributed by atoms with van der Waals surface area (Å²) in [6.07, 6.45) is 2.39. The number of rotatable bonds is 1. The Hall–Kier alpha value is -1.90. The van der Waals surface area contributed by atoms with E-state index in [9.17, 15) is 9.59 Å². The Labute approximate surface area is 126 Å². The first-order chi connectivity index (χ1) is 9.70. The summed E-state index contributed by atoms with van der Waals surface area (Å²) in [6.45, 7) is 6.32. The van der Waals surface area contributed by atoms with Crippen LogP contribution in [0, 0.1) is 11.3 Å². The molecule has 1 atom stereocenters. The van der Waals surface area contributed by atoms with Gasteiger partial charge < -0.3 is 4.90 Å². The number of nitrogens with zero attached hydrogens (tertiary/aromatic N) is 1. The Morgan fingerprint density at radius 3 is 2.29 bits per heavy atom. The SMILES string of the molecule is CN(C)C(=O)[C@H]1CC(=O)c2ccccc2/C1=C/C(C)(C)C. The normalized spacial score (nSPS) is 20.3. The van der Waals surface area contributed by atoms with Crippen molar-refractivity contribution in [2.75, 3.05) is 14.1 Å². The Bertz CT molecular complexity index is 606. The quantitative estimate of drug-likeness (QED) is 0.793. The molecule has 1 aromatic rings. The number of allylic oxidation sites excluding steroid dienone is 1. The second-order valence-electron chi connectivity index (χ2n) is 6.92. The van der Waals surface area contributed by atoms with Crippen LogP contribution in [0.4, 0.5) is 0 Å². The van der Waals surface area contributed by atoms with Crippen LogP contribution in [0.5, 0.6) is 0 Å². The monoisotopic (exact) mass is 285 g/mol. The van der Waals surface area contributed by atoms with Crippen LogP contribution in [0.15, 0.2) is 30.3 Å². The molecule has 21 heavy (non-hydrogen) atoms. The van der Waals surface area contributed by atoms with E-state index in [2.05, 4.69) is 26.8 Å². The van der Waals surface area contributed by atoms with E-state index in [1.807, 2.05) is 24.3 Å². The third-order valence-corrected chi connectivity index (χ3v) is 3.63. The lowest BCUT2D eigenvalue weighted by Gasteiger charge is -2.30. The third kappa shape index (κ3) is 3.23. The van der Waals surface area contributed by atoms with Gasteiger partial charge in [-0.1, -0.05) is 51.1 Å². The average molecular weight is 285 g/mol. The minimum absolute atomic E-state index is 0.00615. The molecule has 0 radical (unpaired) electrons. The number of carbonyl (C=O) groups is 2. The van der Waals surface area contributed by atoms with E-state index in [-0.39, 0.29) is 29.4 Å². The highest BCUT2D eigenvalue weighted by Gasteiger charge is 2.35. The number of carbonyl (C=O) groups excluding carboxylic acids is 2. The van der Waals surface area contributed by atoms with Gasteiger partial charge in [0.15, 0.2) is 5.78 Å². The van der Waals surface area contributed by atoms with Crippen LogP contribution in [-0.4, -0.2) is 30.7 Å². The van der Waals surface area contributed by atoms with Crippen molar-refractivity contribution in [3.8, 4) is 0 Å². The predicted octanol–water partition coefficient (Wildman–Crippen LogP) is 3.41. The van der Waals surface area contributed by atoms with E-state index in [1.54, 1.807) is 19.0 Å². The van der Waals surface area contributed by atoms with Crippen LogP contribution in [0.3, 0.4) is 0 Å². The van der Waals surface area contributed by atoms with Gasteiger partial charge in [-0.15, -0.1) is 0 Å². The third-order valence-electron chi connectivity index (χ3n) is 3.63.